The first-order chi connectivity index (χ1) is 8.77. The fraction of sp³-hybridized carbons (Fsp3) is 0.111. The largest absolute Gasteiger partial charge is 0.0620 e. The zero-order valence-corrected chi connectivity index (χ0v) is 10.8. The number of benzene rings is 3. The van der Waals surface area contributed by atoms with Crippen LogP contribution in [0.1, 0.15) is 11.1 Å². The van der Waals surface area contributed by atoms with Gasteiger partial charge in [0, 0.05) is 0 Å². The number of hydrogen-bond acceptors (Lipinski definition) is 0. The highest BCUT2D eigenvalue weighted by Crippen LogP contribution is 2.32. The lowest BCUT2D eigenvalue weighted by molar-refractivity contribution is 1.46. The molecule has 0 saturated heterocycles. The molecular weight excluding hydrogens is 216 g/mol. The van der Waals surface area contributed by atoms with Crippen molar-refractivity contribution in [3.05, 3.63) is 71.8 Å². The van der Waals surface area contributed by atoms with Crippen LogP contribution >= 0.6 is 0 Å². The lowest BCUT2D eigenvalue weighted by Gasteiger charge is -2.11. The van der Waals surface area contributed by atoms with Gasteiger partial charge in [-0.3, -0.25) is 0 Å². The highest BCUT2D eigenvalue weighted by Gasteiger charge is 2.06. The summed E-state index contributed by atoms with van der Waals surface area (Å²) in [6, 6.07) is 21.7. The minimum absolute atomic E-state index is 1.33. The molecule has 0 aromatic heterocycles. The maximum atomic E-state index is 2.24. The summed E-state index contributed by atoms with van der Waals surface area (Å²) in [6.07, 6.45) is 0. The van der Waals surface area contributed by atoms with Crippen molar-refractivity contribution >= 4 is 10.8 Å². The van der Waals surface area contributed by atoms with E-state index in [1.54, 1.807) is 0 Å². The van der Waals surface area contributed by atoms with Gasteiger partial charge in [0.15, 0.2) is 0 Å². The van der Waals surface area contributed by atoms with Crippen LogP contribution in [0.3, 0.4) is 0 Å². The van der Waals surface area contributed by atoms with Crippen molar-refractivity contribution in [1.29, 1.82) is 0 Å². The summed E-state index contributed by atoms with van der Waals surface area (Å²) in [4.78, 5) is 0. The first-order valence-corrected chi connectivity index (χ1v) is 6.32. The second-order valence-electron chi connectivity index (χ2n) is 4.79. The summed E-state index contributed by atoms with van der Waals surface area (Å²) in [6.45, 7) is 4.34. The predicted octanol–water partition coefficient (Wildman–Crippen LogP) is 5.12. The molecule has 0 aliphatic heterocycles. The van der Waals surface area contributed by atoms with E-state index in [1.165, 1.54) is 33.0 Å². The Kier molecular flexibility index (Phi) is 2.64. The second-order valence-corrected chi connectivity index (χ2v) is 4.79. The average molecular weight is 232 g/mol. The summed E-state index contributed by atoms with van der Waals surface area (Å²) < 4.78 is 0. The topological polar surface area (TPSA) is 0 Å². The molecule has 88 valence electrons. The monoisotopic (exact) mass is 232 g/mol. The van der Waals surface area contributed by atoms with Gasteiger partial charge in [-0.15, -0.1) is 0 Å². The summed E-state index contributed by atoms with van der Waals surface area (Å²) in [5.41, 5.74) is 5.32. The van der Waals surface area contributed by atoms with E-state index in [1.807, 2.05) is 0 Å². The maximum Gasteiger partial charge on any atom is -0.0103 e. The van der Waals surface area contributed by atoms with Crippen molar-refractivity contribution < 1.29 is 0 Å². The van der Waals surface area contributed by atoms with E-state index in [0.717, 1.165) is 0 Å². The van der Waals surface area contributed by atoms with E-state index >= 15 is 0 Å². The van der Waals surface area contributed by atoms with Crippen molar-refractivity contribution in [2.24, 2.45) is 0 Å². The van der Waals surface area contributed by atoms with Crippen LogP contribution in [-0.2, 0) is 0 Å². The number of rotatable bonds is 1. The van der Waals surface area contributed by atoms with Crippen molar-refractivity contribution in [2.45, 2.75) is 13.8 Å². The van der Waals surface area contributed by atoms with Gasteiger partial charge in [0.05, 0.1) is 0 Å². The molecule has 0 atom stereocenters. The first-order valence-electron chi connectivity index (χ1n) is 6.32. The smallest absolute Gasteiger partial charge is 0.0103 e. The van der Waals surface area contributed by atoms with Gasteiger partial charge in [0.1, 0.15) is 0 Å². The molecule has 0 saturated carbocycles. The van der Waals surface area contributed by atoms with Crippen LogP contribution in [0.25, 0.3) is 21.9 Å². The Morgan fingerprint density at radius 3 is 1.94 bits per heavy atom. The molecule has 18 heavy (non-hydrogen) atoms. The first kappa shape index (κ1) is 11.0. The van der Waals surface area contributed by atoms with E-state index in [2.05, 4.69) is 74.5 Å². The third-order valence-electron chi connectivity index (χ3n) is 3.58. The Balaban J connectivity index is 2.38. The van der Waals surface area contributed by atoms with Crippen LogP contribution in [0.5, 0.6) is 0 Å². The van der Waals surface area contributed by atoms with Gasteiger partial charge in [-0.05, 0) is 46.9 Å². The van der Waals surface area contributed by atoms with E-state index in [-0.39, 0.29) is 0 Å². The van der Waals surface area contributed by atoms with Crippen LogP contribution < -0.4 is 0 Å². The fourth-order valence-electron chi connectivity index (χ4n) is 2.56. The molecule has 3 aromatic carbocycles. The summed E-state index contributed by atoms with van der Waals surface area (Å²) in [5.74, 6) is 0. The zero-order valence-electron chi connectivity index (χ0n) is 10.8. The molecular formula is C18H16. The molecule has 0 heterocycles. The Morgan fingerprint density at radius 2 is 1.17 bits per heavy atom. The van der Waals surface area contributed by atoms with E-state index in [4.69, 9.17) is 0 Å². The lowest BCUT2D eigenvalue weighted by atomic mass is 9.93. The Morgan fingerprint density at radius 1 is 0.500 bits per heavy atom. The van der Waals surface area contributed by atoms with E-state index < -0.39 is 0 Å². The standard InChI is InChI=1S/C18H16/c1-13-7-3-4-8-15(13)18-12-11-14(2)16-9-5-6-10-17(16)18/h3-12H,1-2H3. The molecule has 0 amide bonds. The Bertz CT molecular complexity index is 708. The molecule has 0 unspecified atom stereocenters. The lowest BCUT2D eigenvalue weighted by Crippen LogP contribution is -1.86. The maximum absolute atomic E-state index is 2.24. The van der Waals surface area contributed by atoms with Crippen LogP contribution in [0.15, 0.2) is 60.7 Å². The number of hydrogen-bond donors (Lipinski definition) is 0. The molecule has 0 aliphatic carbocycles. The van der Waals surface area contributed by atoms with Crippen LogP contribution in [-0.4, -0.2) is 0 Å². The molecule has 0 N–H and O–H groups in total. The molecule has 0 aliphatic rings. The van der Waals surface area contributed by atoms with Crippen molar-refractivity contribution in [1.82, 2.24) is 0 Å². The van der Waals surface area contributed by atoms with Gasteiger partial charge in [-0.25, -0.2) is 0 Å². The van der Waals surface area contributed by atoms with Gasteiger partial charge in [-0.1, -0.05) is 60.7 Å². The summed E-state index contributed by atoms with van der Waals surface area (Å²) >= 11 is 0. The van der Waals surface area contributed by atoms with Gasteiger partial charge in [0.25, 0.3) is 0 Å². The second kappa shape index (κ2) is 4.30. The SMILES string of the molecule is Cc1ccccc1-c1ccc(C)c2ccccc12. The Hall–Kier alpha value is -2.08. The van der Waals surface area contributed by atoms with Gasteiger partial charge in [0.2, 0.25) is 0 Å². The van der Waals surface area contributed by atoms with Gasteiger partial charge in [-0.2, -0.15) is 0 Å². The van der Waals surface area contributed by atoms with E-state index in [0.29, 0.717) is 0 Å². The van der Waals surface area contributed by atoms with Crippen molar-refractivity contribution in [3.8, 4) is 11.1 Å². The van der Waals surface area contributed by atoms with Crippen LogP contribution in [0.4, 0.5) is 0 Å². The summed E-state index contributed by atoms with van der Waals surface area (Å²) in [7, 11) is 0. The zero-order chi connectivity index (χ0) is 12.5. The van der Waals surface area contributed by atoms with Crippen molar-refractivity contribution in [3.63, 3.8) is 0 Å². The normalized spacial score (nSPS) is 10.8. The highest BCUT2D eigenvalue weighted by atomic mass is 14.1. The molecule has 0 heteroatoms. The predicted molar refractivity (Wildman–Crippen MR) is 78.9 cm³/mol. The molecule has 3 aromatic rings. The molecule has 0 bridgehead atoms. The minimum Gasteiger partial charge on any atom is -0.0620 e. The third-order valence-corrected chi connectivity index (χ3v) is 3.58. The quantitative estimate of drug-likeness (QED) is 0.546. The molecule has 0 fully saturated rings. The fourth-order valence-corrected chi connectivity index (χ4v) is 2.56. The van der Waals surface area contributed by atoms with Gasteiger partial charge < -0.3 is 0 Å². The summed E-state index contributed by atoms with van der Waals surface area (Å²) in [5, 5.41) is 2.69. The molecule has 0 radical (unpaired) electrons. The van der Waals surface area contributed by atoms with Gasteiger partial charge >= 0.3 is 0 Å². The minimum atomic E-state index is 1.33. The molecule has 0 nitrogen and oxygen atoms in total. The molecule has 0 spiro atoms. The highest BCUT2D eigenvalue weighted by molar-refractivity contribution is 5.98. The van der Waals surface area contributed by atoms with E-state index in [9.17, 15) is 0 Å². The average Bonchev–Trinajstić information content (AvgIpc) is 2.41. The number of fused-ring (bicyclic) bond motifs is 1. The Labute approximate surface area is 108 Å². The number of aryl methyl sites for hydroxylation is 2. The van der Waals surface area contributed by atoms with Crippen LogP contribution in [0.2, 0.25) is 0 Å². The molecule has 3 rings (SSSR count). The van der Waals surface area contributed by atoms with Crippen molar-refractivity contribution in [2.75, 3.05) is 0 Å². The van der Waals surface area contributed by atoms with Crippen LogP contribution in [0, 0.1) is 13.8 Å². The third kappa shape index (κ3) is 1.70.